The standard InChI is InChI=1S/C13H13F2NO2/c1-8-4-5-9(14)13(12(8)15)16-7-10(17)11-3-2-6-18-11/h2-6,10,16-17H,7H2,1H3. The van der Waals surface area contributed by atoms with E-state index in [0.717, 1.165) is 0 Å². The molecule has 0 saturated carbocycles. The molecule has 0 aliphatic carbocycles. The van der Waals surface area contributed by atoms with Crippen molar-refractivity contribution in [2.45, 2.75) is 13.0 Å². The molecule has 18 heavy (non-hydrogen) atoms. The molecule has 1 atom stereocenters. The second kappa shape index (κ2) is 5.18. The Balaban J connectivity index is 2.09. The van der Waals surface area contributed by atoms with Crippen LogP contribution in [0.5, 0.6) is 0 Å². The molecule has 1 aromatic heterocycles. The number of benzene rings is 1. The van der Waals surface area contributed by atoms with Crippen LogP contribution in [0.4, 0.5) is 14.5 Å². The normalized spacial score (nSPS) is 12.4. The van der Waals surface area contributed by atoms with Crippen molar-refractivity contribution in [1.29, 1.82) is 0 Å². The number of anilines is 1. The molecule has 0 aliphatic heterocycles. The number of halogens is 2. The number of aryl methyl sites for hydroxylation is 1. The van der Waals surface area contributed by atoms with Crippen molar-refractivity contribution >= 4 is 5.69 Å². The van der Waals surface area contributed by atoms with E-state index in [2.05, 4.69) is 5.32 Å². The van der Waals surface area contributed by atoms with E-state index in [9.17, 15) is 13.9 Å². The van der Waals surface area contributed by atoms with Crippen LogP contribution in [-0.4, -0.2) is 11.7 Å². The predicted molar refractivity (Wildman–Crippen MR) is 63.3 cm³/mol. The minimum Gasteiger partial charge on any atom is -0.467 e. The van der Waals surface area contributed by atoms with Gasteiger partial charge in [0.05, 0.1) is 6.26 Å². The topological polar surface area (TPSA) is 45.4 Å². The van der Waals surface area contributed by atoms with Gasteiger partial charge < -0.3 is 14.8 Å². The Kier molecular flexibility index (Phi) is 3.62. The maximum Gasteiger partial charge on any atom is 0.152 e. The van der Waals surface area contributed by atoms with Gasteiger partial charge in [0.2, 0.25) is 0 Å². The van der Waals surface area contributed by atoms with Crippen LogP contribution >= 0.6 is 0 Å². The highest BCUT2D eigenvalue weighted by Gasteiger charge is 2.14. The predicted octanol–water partition coefficient (Wildman–Crippen LogP) is 3.01. The summed E-state index contributed by atoms with van der Waals surface area (Å²) in [6, 6.07) is 5.76. The molecular weight excluding hydrogens is 240 g/mol. The Bertz CT molecular complexity index is 526. The van der Waals surface area contributed by atoms with Gasteiger partial charge in [-0.3, -0.25) is 0 Å². The van der Waals surface area contributed by atoms with E-state index in [1.54, 1.807) is 19.1 Å². The lowest BCUT2D eigenvalue weighted by atomic mass is 10.2. The van der Waals surface area contributed by atoms with Crippen LogP contribution in [0.25, 0.3) is 0 Å². The third kappa shape index (κ3) is 2.51. The van der Waals surface area contributed by atoms with Crippen LogP contribution in [0.2, 0.25) is 0 Å². The molecule has 5 heteroatoms. The Labute approximate surface area is 103 Å². The van der Waals surface area contributed by atoms with E-state index >= 15 is 0 Å². The first-order valence-corrected chi connectivity index (χ1v) is 5.49. The fourth-order valence-electron chi connectivity index (χ4n) is 1.60. The average Bonchev–Trinajstić information content (AvgIpc) is 2.87. The van der Waals surface area contributed by atoms with Gasteiger partial charge in [0.25, 0.3) is 0 Å². The van der Waals surface area contributed by atoms with Crippen molar-refractivity contribution in [3.05, 3.63) is 53.5 Å². The molecule has 0 spiro atoms. The number of furan rings is 1. The average molecular weight is 253 g/mol. The van der Waals surface area contributed by atoms with Crippen LogP contribution in [0.3, 0.4) is 0 Å². The highest BCUT2D eigenvalue weighted by molar-refractivity contribution is 5.49. The first-order valence-electron chi connectivity index (χ1n) is 5.49. The lowest BCUT2D eigenvalue weighted by molar-refractivity contribution is 0.162. The molecule has 0 saturated heterocycles. The second-order valence-electron chi connectivity index (χ2n) is 3.97. The number of nitrogens with one attached hydrogen (secondary N) is 1. The summed E-state index contributed by atoms with van der Waals surface area (Å²) in [5, 5.41) is 12.3. The molecule has 1 unspecified atom stereocenters. The van der Waals surface area contributed by atoms with Gasteiger partial charge in [0, 0.05) is 6.54 Å². The van der Waals surface area contributed by atoms with Crippen molar-refractivity contribution < 1.29 is 18.3 Å². The second-order valence-corrected chi connectivity index (χ2v) is 3.97. The molecule has 3 nitrogen and oxygen atoms in total. The minimum atomic E-state index is -0.959. The zero-order chi connectivity index (χ0) is 13.1. The molecule has 0 amide bonds. The van der Waals surface area contributed by atoms with E-state index in [0.29, 0.717) is 11.3 Å². The molecule has 0 radical (unpaired) electrons. The number of hydrogen-bond donors (Lipinski definition) is 2. The van der Waals surface area contributed by atoms with Crippen LogP contribution in [-0.2, 0) is 0 Å². The SMILES string of the molecule is Cc1ccc(F)c(NCC(O)c2ccco2)c1F. The number of hydrogen-bond acceptors (Lipinski definition) is 3. The summed E-state index contributed by atoms with van der Waals surface area (Å²) in [5.74, 6) is -0.998. The van der Waals surface area contributed by atoms with Crippen molar-refractivity contribution in [3.63, 3.8) is 0 Å². The van der Waals surface area contributed by atoms with Crippen molar-refractivity contribution in [2.24, 2.45) is 0 Å². The first-order chi connectivity index (χ1) is 8.59. The molecule has 1 heterocycles. The van der Waals surface area contributed by atoms with E-state index in [4.69, 9.17) is 4.42 Å². The van der Waals surface area contributed by atoms with Crippen molar-refractivity contribution in [2.75, 3.05) is 11.9 Å². The van der Waals surface area contributed by atoms with Gasteiger partial charge in [-0.15, -0.1) is 0 Å². The Morgan fingerprint density at radius 1 is 1.33 bits per heavy atom. The Hall–Kier alpha value is -1.88. The van der Waals surface area contributed by atoms with Gasteiger partial charge in [0.15, 0.2) is 5.82 Å². The monoisotopic (exact) mass is 253 g/mol. The quantitative estimate of drug-likeness (QED) is 0.880. The van der Waals surface area contributed by atoms with E-state index < -0.39 is 17.7 Å². The highest BCUT2D eigenvalue weighted by Crippen LogP contribution is 2.23. The summed E-state index contributed by atoms with van der Waals surface area (Å²) in [5.41, 5.74) is 0.104. The molecule has 0 aliphatic rings. The summed E-state index contributed by atoms with van der Waals surface area (Å²) in [6.07, 6.45) is 0.464. The maximum atomic E-state index is 13.6. The third-order valence-electron chi connectivity index (χ3n) is 2.63. The maximum absolute atomic E-state index is 13.6. The lowest BCUT2D eigenvalue weighted by Crippen LogP contribution is -2.14. The van der Waals surface area contributed by atoms with Crippen LogP contribution in [0.1, 0.15) is 17.4 Å². The summed E-state index contributed by atoms with van der Waals surface area (Å²) >= 11 is 0. The molecule has 0 fully saturated rings. The number of rotatable bonds is 4. The van der Waals surface area contributed by atoms with Crippen LogP contribution < -0.4 is 5.32 Å². The zero-order valence-corrected chi connectivity index (χ0v) is 9.78. The largest absolute Gasteiger partial charge is 0.467 e. The summed E-state index contributed by atoms with van der Waals surface area (Å²) < 4.78 is 32.1. The lowest BCUT2D eigenvalue weighted by Gasteiger charge is -2.13. The molecule has 0 bridgehead atoms. The Morgan fingerprint density at radius 3 is 2.78 bits per heavy atom. The smallest absolute Gasteiger partial charge is 0.152 e. The van der Waals surface area contributed by atoms with Crippen molar-refractivity contribution in [1.82, 2.24) is 0 Å². The van der Waals surface area contributed by atoms with Gasteiger partial charge in [-0.25, -0.2) is 8.78 Å². The van der Waals surface area contributed by atoms with E-state index in [1.165, 1.54) is 18.4 Å². The van der Waals surface area contributed by atoms with Gasteiger partial charge in [0.1, 0.15) is 23.4 Å². The number of aliphatic hydroxyl groups is 1. The van der Waals surface area contributed by atoms with E-state index in [1.807, 2.05) is 0 Å². The fourth-order valence-corrected chi connectivity index (χ4v) is 1.60. The molecule has 96 valence electrons. The van der Waals surface area contributed by atoms with Gasteiger partial charge in [-0.05, 0) is 30.7 Å². The number of aliphatic hydroxyl groups excluding tert-OH is 1. The van der Waals surface area contributed by atoms with Gasteiger partial charge in [-0.1, -0.05) is 6.07 Å². The molecule has 1 aromatic carbocycles. The molecule has 2 rings (SSSR count). The summed E-state index contributed by atoms with van der Waals surface area (Å²) in [4.78, 5) is 0. The summed E-state index contributed by atoms with van der Waals surface area (Å²) in [7, 11) is 0. The third-order valence-corrected chi connectivity index (χ3v) is 2.63. The van der Waals surface area contributed by atoms with Gasteiger partial charge in [-0.2, -0.15) is 0 Å². The highest BCUT2D eigenvalue weighted by atomic mass is 19.1. The van der Waals surface area contributed by atoms with Crippen LogP contribution in [0.15, 0.2) is 34.9 Å². The molecule has 2 N–H and O–H groups in total. The minimum absolute atomic E-state index is 0.0369. The van der Waals surface area contributed by atoms with Crippen molar-refractivity contribution in [3.8, 4) is 0 Å². The van der Waals surface area contributed by atoms with E-state index in [-0.39, 0.29) is 12.2 Å². The molecular formula is C13H13F2NO2. The van der Waals surface area contributed by atoms with Crippen LogP contribution in [0, 0.1) is 18.6 Å². The Morgan fingerprint density at radius 2 is 2.11 bits per heavy atom. The van der Waals surface area contributed by atoms with Gasteiger partial charge >= 0.3 is 0 Å². The summed E-state index contributed by atoms with van der Waals surface area (Å²) in [6.45, 7) is 1.51. The zero-order valence-electron chi connectivity index (χ0n) is 9.78. The molecule has 2 aromatic rings. The first kappa shape index (κ1) is 12.6. The fraction of sp³-hybridized carbons (Fsp3) is 0.231.